The fourth-order valence-electron chi connectivity index (χ4n) is 3.36. The number of aromatic carboxylic acids is 1. The zero-order valence-electron chi connectivity index (χ0n) is 16.7. The van der Waals surface area contributed by atoms with E-state index in [-0.39, 0.29) is 5.56 Å². The molecular weight excluding hydrogens is 382 g/mol. The lowest BCUT2D eigenvalue weighted by Gasteiger charge is -2.13. The Morgan fingerprint density at radius 3 is 2.33 bits per heavy atom. The third kappa shape index (κ3) is 3.41. The van der Waals surface area contributed by atoms with Gasteiger partial charge in [0.2, 0.25) is 0 Å². The van der Waals surface area contributed by atoms with Crippen LogP contribution in [0.5, 0.6) is 11.6 Å². The van der Waals surface area contributed by atoms with E-state index in [0.717, 1.165) is 38.9 Å². The molecule has 0 amide bonds. The largest absolute Gasteiger partial charge is 0.491 e. The zero-order valence-corrected chi connectivity index (χ0v) is 16.7. The molecule has 7 heteroatoms. The third-order valence-electron chi connectivity index (χ3n) is 4.95. The highest BCUT2D eigenvalue weighted by molar-refractivity contribution is 5.99. The number of aromatic nitrogens is 3. The summed E-state index contributed by atoms with van der Waals surface area (Å²) < 4.78 is 10.6. The lowest BCUT2D eigenvalue weighted by Crippen LogP contribution is -1.97. The second kappa shape index (κ2) is 7.79. The van der Waals surface area contributed by atoms with Crippen molar-refractivity contribution in [2.24, 2.45) is 0 Å². The number of nitrogens with zero attached hydrogens (tertiary/aromatic N) is 3. The van der Waals surface area contributed by atoms with E-state index in [2.05, 4.69) is 15.0 Å². The second-order valence-electron chi connectivity index (χ2n) is 6.70. The van der Waals surface area contributed by atoms with Crippen molar-refractivity contribution in [1.29, 1.82) is 0 Å². The number of carbonyl (C=O) groups is 1. The molecule has 0 bridgehead atoms. The maximum atomic E-state index is 11.2. The van der Waals surface area contributed by atoms with Crippen LogP contribution in [0, 0.1) is 6.92 Å². The van der Waals surface area contributed by atoms with Gasteiger partial charge in [0.25, 0.3) is 5.88 Å². The van der Waals surface area contributed by atoms with E-state index in [9.17, 15) is 9.90 Å². The number of ether oxygens (including phenoxy) is 2. The SMILES string of the molecule is COc1cc(-c2cc(-c3ccc(C(=O)O)cc3)c3ncnc(C)c3c2)cnc1OC. The maximum Gasteiger partial charge on any atom is 0.335 e. The quantitative estimate of drug-likeness (QED) is 0.530. The van der Waals surface area contributed by atoms with Gasteiger partial charge in [0.15, 0.2) is 5.75 Å². The van der Waals surface area contributed by atoms with Crippen molar-refractivity contribution in [2.75, 3.05) is 14.2 Å². The molecule has 0 fully saturated rings. The maximum absolute atomic E-state index is 11.2. The molecule has 2 aromatic heterocycles. The number of methoxy groups -OCH3 is 2. The molecule has 0 saturated heterocycles. The van der Waals surface area contributed by atoms with Crippen molar-refractivity contribution in [3.63, 3.8) is 0 Å². The number of hydrogen-bond acceptors (Lipinski definition) is 6. The standard InChI is InChI=1S/C23H19N3O4/c1-13-18-8-16(17-10-20(29-2)22(30-3)24-11-17)9-19(21(18)26-12-25-13)14-4-6-15(7-5-14)23(27)28/h4-12H,1-3H3,(H,27,28). The summed E-state index contributed by atoms with van der Waals surface area (Å²) in [6.07, 6.45) is 3.25. The Labute approximate surface area is 173 Å². The molecule has 4 rings (SSSR count). The first kappa shape index (κ1) is 19.3. The van der Waals surface area contributed by atoms with Crippen LogP contribution < -0.4 is 9.47 Å². The van der Waals surface area contributed by atoms with Gasteiger partial charge in [-0.3, -0.25) is 0 Å². The van der Waals surface area contributed by atoms with E-state index >= 15 is 0 Å². The van der Waals surface area contributed by atoms with Crippen LogP contribution in [0.3, 0.4) is 0 Å². The molecular formula is C23H19N3O4. The van der Waals surface area contributed by atoms with Crippen LogP contribution in [0.4, 0.5) is 0 Å². The van der Waals surface area contributed by atoms with Crippen LogP contribution in [0.1, 0.15) is 16.1 Å². The normalized spacial score (nSPS) is 10.8. The highest BCUT2D eigenvalue weighted by atomic mass is 16.5. The molecule has 1 N–H and O–H groups in total. The van der Waals surface area contributed by atoms with Crippen molar-refractivity contribution in [1.82, 2.24) is 15.0 Å². The Balaban J connectivity index is 1.95. The molecule has 0 aliphatic carbocycles. The third-order valence-corrected chi connectivity index (χ3v) is 4.95. The number of hydrogen-bond donors (Lipinski definition) is 1. The highest BCUT2D eigenvalue weighted by Gasteiger charge is 2.14. The highest BCUT2D eigenvalue weighted by Crippen LogP contribution is 2.36. The molecule has 0 saturated carbocycles. The first-order chi connectivity index (χ1) is 14.5. The molecule has 0 unspecified atom stereocenters. The molecule has 0 aliphatic rings. The Hall–Kier alpha value is -4.00. The average Bonchev–Trinajstić information content (AvgIpc) is 2.78. The van der Waals surface area contributed by atoms with E-state index in [4.69, 9.17) is 9.47 Å². The number of fused-ring (bicyclic) bond motifs is 1. The van der Waals surface area contributed by atoms with Crippen molar-refractivity contribution >= 4 is 16.9 Å². The summed E-state index contributed by atoms with van der Waals surface area (Å²) in [6.45, 7) is 1.93. The molecule has 0 spiro atoms. The number of benzene rings is 2. The Morgan fingerprint density at radius 1 is 0.900 bits per heavy atom. The number of pyridine rings is 1. The van der Waals surface area contributed by atoms with Crippen molar-refractivity contribution in [3.05, 3.63) is 66.2 Å². The van der Waals surface area contributed by atoms with Gasteiger partial charge in [-0.2, -0.15) is 0 Å². The fourth-order valence-corrected chi connectivity index (χ4v) is 3.36. The molecule has 150 valence electrons. The molecule has 2 aromatic carbocycles. The van der Waals surface area contributed by atoms with Gasteiger partial charge in [0.05, 0.1) is 25.3 Å². The van der Waals surface area contributed by atoms with Crippen LogP contribution >= 0.6 is 0 Å². The minimum absolute atomic E-state index is 0.231. The molecule has 0 radical (unpaired) electrons. The summed E-state index contributed by atoms with van der Waals surface area (Å²) in [5.74, 6) is -0.0238. The minimum atomic E-state index is -0.963. The van der Waals surface area contributed by atoms with Crippen LogP contribution in [0.2, 0.25) is 0 Å². The number of aryl methyl sites for hydroxylation is 1. The van der Waals surface area contributed by atoms with E-state index in [0.29, 0.717) is 11.6 Å². The Morgan fingerprint density at radius 2 is 1.67 bits per heavy atom. The monoisotopic (exact) mass is 401 g/mol. The average molecular weight is 401 g/mol. The molecule has 30 heavy (non-hydrogen) atoms. The number of carboxylic acids is 1. The minimum Gasteiger partial charge on any atom is -0.491 e. The first-order valence-corrected chi connectivity index (χ1v) is 9.19. The summed E-state index contributed by atoms with van der Waals surface area (Å²) in [4.78, 5) is 24.4. The van der Waals surface area contributed by atoms with Gasteiger partial charge in [-0.15, -0.1) is 0 Å². The van der Waals surface area contributed by atoms with Crippen LogP contribution in [0.25, 0.3) is 33.2 Å². The zero-order chi connectivity index (χ0) is 21.3. The van der Waals surface area contributed by atoms with Crippen molar-refractivity contribution in [3.8, 4) is 33.9 Å². The lowest BCUT2D eigenvalue weighted by atomic mass is 9.95. The summed E-state index contributed by atoms with van der Waals surface area (Å²) in [7, 11) is 3.11. The summed E-state index contributed by atoms with van der Waals surface area (Å²) in [5, 5.41) is 10.1. The molecule has 4 aromatic rings. The summed E-state index contributed by atoms with van der Waals surface area (Å²) in [5.41, 5.74) is 5.36. The topological polar surface area (TPSA) is 94.4 Å². The van der Waals surface area contributed by atoms with Crippen LogP contribution in [0.15, 0.2) is 55.0 Å². The van der Waals surface area contributed by atoms with Gasteiger partial charge < -0.3 is 14.6 Å². The van der Waals surface area contributed by atoms with Crippen molar-refractivity contribution in [2.45, 2.75) is 6.92 Å². The predicted octanol–water partition coefficient (Wildman–Crippen LogP) is 4.38. The van der Waals surface area contributed by atoms with Crippen molar-refractivity contribution < 1.29 is 19.4 Å². The van der Waals surface area contributed by atoms with E-state index in [1.54, 1.807) is 44.7 Å². The molecule has 0 aliphatic heterocycles. The smallest absolute Gasteiger partial charge is 0.335 e. The van der Waals surface area contributed by atoms with Gasteiger partial charge in [0.1, 0.15) is 6.33 Å². The van der Waals surface area contributed by atoms with Crippen LogP contribution in [-0.4, -0.2) is 40.2 Å². The first-order valence-electron chi connectivity index (χ1n) is 9.19. The second-order valence-corrected chi connectivity index (χ2v) is 6.70. The fraction of sp³-hybridized carbons (Fsp3) is 0.130. The van der Waals surface area contributed by atoms with E-state index in [1.165, 1.54) is 6.33 Å². The molecule has 2 heterocycles. The van der Waals surface area contributed by atoms with E-state index in [1.807, 2.05) is 25.1 Å². The van der Waals surface area contributed by atoms with Gasteiger partial charge in [-0.25, -0.2) is 19.7 Å². The van der Waals surface area contributed by atoms with Gasteiger partial charge in [-0.05, 0) is 48.4 Å². The Bertz CT molecular complexity index is 1250. The Kier molecular flexibility index (Phi) is 5.02. The van der Waals surface area contributed by atoms with Gasteiger partial charge >= 0.3 is 5.97 Å². The summed E-state index contributed by atoms with van der Waals surface area (Å²) >= 11 is 0. The van der Waals surface area contributed by atoms with Crippen LogP contribution in [-0.2, 0) is 0 Å². The number of rotatable bonds is 5. The molecule has 0 atom stereocenters. The van der Waals surface area contributed by atoms with Gasteiger partial charge in [0, 0.05) is 28.4 Å². The summed E-state index contributed by atoms with van der Waals surface area (Å²) in [6, 6.07) is 12.6. The van der Waals surface area contributed by atoms with Gasteiger partial charge in [-0.1, -0.05) is 12.1 Å². The lowest BCUT2D eigenvalue weighted by molar-refractivity contribution is 0.0697. The van der Waals surface area contributed by atoms with E-state index < -0.39 is 5.97 Å². The predicted molar refractivity (Wildman–Crippen MR) is 113 cm³/mol. The number of carboxylic acid groups (broad SMARTS) is 1. The molecule has 7 nitrogen and oxygen atoms in total.